The smallest absolute Gasteiger partial charge is 0.324 e. The van der Waals surface area contributed by atoms with Crippen LogP contribution in [0.5, 0.6) is 5.75 Å². The quantitative estimate of drug-likeness (QED) is 0.594. The van der Waals surface area contributed by atoms with Crippen LogP contribution in [-0.2, 0) is 4.79 Å². The minimum absolute atomic E-state index is 0.0432. The predicted octanol–water partition coefficient (Wildman–Crippen LogP) is 3.31. The molecule has 3 aromatic rings. The molecule has 0 saturated carbocycles. The first-order chi connectivity index (χ1) is 16.2. The van der Waals surface area contributed by atoms with Crippen molar-refractivity contribution in [2.24, 2.45) is 5.92 Å². The lowest BCUT2D eigenvalue weighted by molar-refractivity contribution is -0.136. The summed E-state index contributed by atoms with van der Waals surface area (Å²) in [5, 5.41) is 4.14. The first kappa shape index (κ1) is 21.3. The van der Waals surface area contributed by atoms with E-state index in [0.29, 0.717) is 18.4 Å². The molecule has 33 heavy (non-hydrogen) atoms. The molecule has 8 heteroatoms. The minimum Gasteiger partial charge on any atom is -0.497 e. The Bertz CT molecular complexity index is 1060. The highest BCUT2D eigenvalue weighted by atomic mass is 16.5. The van der Waals surface area contributed by atoms with E-state index < -0.39 is 0 Å². The minimum atomic E-state index is -0.0432. The maximum atomic E-state index is 13.3. The number of carbonyl (C=O) groups excluding carboxylic acids is 1. The van der Waals surface area contributed by atoms with E-state index in [9.17, 15) is 4.79 Å². The van der Waals surface area contributed by atoms with Gasteiger partial charge in [0, 0.05) is 50.5 Å². The van der Waals surface area contributed by atoms with Crippen molar-refractivity contribution in [3.05, 3.63) is 54.6 Å². The van der Waals surface area contributed by atoms with E-state index in [-0.39, 0.29) is 11.8 Å². The number of para-hydroxylation sites is 1. The number of ether oxygens (including phenoxy) is 1. The van der Waals surface area contributed by atoms with Crippen LogP contribution in [0.2, 0.25) is 0 Å². The summed E-state index contributed by atoms with van der Waals surface area (Å²) in [5.74, 6) is 1.52. The summed E-state index contributed by atoms with van der Waals surface area (Å²) in [6, 6.07) is 18.4. The van der Waals surface area contributed by atoms with E-state index in [1.165, 1.54) is 5.69 Å². The number of rotatable bonds is 5. The van der Waals surface area contributed by atoms with Gasteiger partial charge in [0.2, 0.25) is 11.7 Å². The van der Waals surface area contributed by atoms with Gasteiger partial charge in [0.25, 0.3) is 0 Å². The first-order valence-corrected chi connectivity index (χ1v) is 11.5. The van der Waals surface area contributed by atoms with Gasteiger partial charge in [0.15, 0.2) is 0 Å². The fourth-order valence-corrected chi connectivity index (χ4v) is 4.64. The van der Waals surface area contributed by atoms with Crippen molar-refractivity contribution in [1.29, 1.82) is 0 Å². The molecule has 8 nitrogen and oxygen atoms in total. The number of anilines is 2. The summed E-state index contributed by atoms with van der Waals surface area (Å²) >= 11 is 0. The van der Waals surface area contributed by atoms with Gasteiger partial charge >= 0.3 is 6.01 Å². The van der Waals surface area contributed by atoms with Crippen molar-refractivity contribution in [3.63, 3.8) is 0 Å². The summed E-state index contributed by atoms with van der Waals surface area (Å²) in [6.45, 7) is 4.67. The summed E-state index contributed by atoms with van der Waals surface area (Å²) < 4.78 is 10.8. The van der Waals surface area contributed by atoms with Gasteiger partial charge in [-0.1, -0.05) is 23.4 Å². The van der Waals surface area contributed by atoms with Gasteiger partial charge in [-0.25, -0.2) is 0 Å². The van der Waals surface area contributed by atoms with Gasteiger partial charge in [-0.2, -0.15) is 4.98 Å². The third kappa shape index (κ3) is 4.65. The van der Waals surface area contributed by atoms with Gasteiger partial charge in [-0.05, 0) is 49.2 Å². The van der Waals surface area contributed by atoms with Crippen molar-refractivity contribution in [1.82, 2.24) is 15.0 Å². The third-order valence-electron chi connectivity index (χ3n) is 6.52. The number of amides is 1. The fourth-order valence-electron chi connectivity index (χ4n) is 4.64. The van der Waals surface area contributed by atoms with E-state index >= 15 is 0 Å². The molecule has 0 bridgehead atoms. The topological polar surface area (TPSA) is 74.9 Å². The lowest BCUT2D eigenvalue weighted by Gasteiger charge is -2.39. The van der Waals surface area contributed by atoms with Gasteiger partial charge in [-0.15, -0.1) is 0 Å². The zero-order chi connectivity index (χ0) is 22.6. The lowest BCUT2D eigenvalue weighted by atomic mass is 9.96. The Kier molecular flexibility index (Phi) is 6.15. The lowest BCUT2D eigenvalue weighted by Crippen LogP contribution is -2.52. The van der Waals surface area contributed by atoms with Gasteiger partial charge in [-0.3, -0.25) is 4.79 Å². The number of hydrogen-bond donors (Lipinski definition) is 0. The fraction of sp³-hybridized carbons (Fsp3) is 0.400. The molecule has 0 aliphatic carbocycles. The zero-order valence-electron chi connectivity index (χ0n) is 18.9. The van der Waals surface area contributed by atoms with E-state index in [0.717, 1.165) is 56.9 Å². The number of methoxy groups -OCH3 is 1. The monoisotopic (exact) mass is 447 g/mol. The van der Waals surface area contributed by atoms with Crippen LogP contribution in [0, 0.1) is 5.92 Å². The molecule has 2 aliphatic heterocycles. The average Bonchev–Trinajstić information content (AvgIpc) is 3.39. The molecule has 2 fully saturated rings. The molecule has 0 radical (unpaired) electrons. The van der Waals surface area contributed by atoms with Crippen molar-refractivity contribution < 1.29 is 14.1 Å². The zero-order valence-corrected chi connectivity index (χ0v) is 18.9. The number of carbonyl (C=O) groups is 1. The highest BCUT2D eigenvalue weighted by molar-refractivity contribution is 5.80. The van der Waals surface area contributed by atoms with E-state index in [4.69, 9.17) is 9.26 Å². The summed E-state index contributed by atoms with van der Waals surface area (Å²) in [7, 11) is 1.64. The Balaban J connectivity index is 1.19. The van der Waals surface area contributed by atoms with Crippen LogP contribution in [0.3, 0.4) is 0 Å². The van der Waals surface area contributed by atoms with Crippen molar-refractivity contribution in [3.8, 4) is 17.1 Å². The molecule has 1 amide bonds. The second-order valence-electron chi connectivity index (χ2n) is 8.56. The van der Waals surface area contributed by atoms with Crippen molar-refractivity contribution >= 4 is 17.6 Å². The maximum Gasteiger partial charge on any atom is 0.324 e. The van der Waals surface area contributed by atoms with E-state index in [1.807, 2.05) is 40.1 Å². The second kappa shape index (κ2) is 9.52. The molecule has 0 spiro atoms. The van der Waals surface area contributed by atoms with Gasteiger partial charge in [0.05, 0.1) is 13.0 Å². The largest absolute Gasteiger partial charge is 0.497 e. The Hall–Kier alpha value is -3.55. The number of hydrogen-bond acceptors (Lipinski definition) is 7. The Morgan fingerprint density at radius 2 is 1.73 bits per heavy atom. The number of piperazine rings is 1. The summed E-state index contributed by atoms with van der Waals surface area (Å²) in [6.07, 6.45) is 1.83. The first-order valence-electron chi connectivity index (χ1n) is 11.5. The van der Waals surface area contributed by atoms with Crippen LogP contribution in [0.25, 0.3) is 11.4 Å². The highest BCUT2D eigenvalue weighted by Crippen LogP contribution is 2.27. The SMILES string of the molecule is COc1ccc(-c2noc(N3CCCC(C(=O)N4CCN(c5ccccc5)CC4)C3)n2)cc1. The van der Waals surface area contributed by atoms with Gasteiger partial charge < -0.3 is 24.0 Å². The van der Waals surface area contributed by atoms with Crippen LogP contribution in [-0.4, -0.2) is 67.3 Å². The molecule has 1 unspecified atom stereocenters. The molecule has 1 atom stereocenters. The average molecular weight is 448 g/mol. The van der Waals surface area contributed by atoms with Crippen molar-refractivity contribution in [2.45, 2.75) is 12.8 Å². The Morgan fingerprint density at radius 1 is 0.970 bits per heavy atom. The standard InChI is InChI=1S/C25H29N5O3/c1-32-22-11-9-19(10-12-22)23-26-25(33-27-23)30-13-5-6-20(18-30)24(31)29-16-14-28(15-17-29)21-7-3-2-4-8-21/h2-4,7-12,20H,5-6,13-18H2,1H3. The van der Waals surface area contributed by atoms with E-state index in [1.54, 1.807) is 7.11 Å². The van der Waals surface area contributed by atoms with Crippen LogP contribution in [0.4, 0.5) is 11.7 Å². The van der Waals surface area contributed by atoms with Crippen LogP contribution < -0.4 is 14.5 Å². The van der Waals surface area contributed by atoms with Crippen LogP contribution in [0.15, 0.2) is 59.1 Å². The molecule has 5 rings (SSSR count). The molecule has 3 heterocycles. The molecule has 2 aliphatic rings. The second-order valence-corrected chi connectivity index (χ2v) is 8.56. The third-order valence-corrected chi connectivity index (χ3v) is 6.52. The molecule has 2 aromatic carbocycles. The number of aromatic nitrogens is 2. The Labute approximate surface area is 193 Å². The van der Waals surface area contributed by atoms with Gasteiger partial charge in [0.1, 0.15) is 5.75 Å². The number of piperidine rings is 1. The molecular weight excluding hydrogens is 418 g/mol. The van der Waals surface area contributed by atoms with Crippen molar-refractivity contribution in [2.75, 3.05) is 56.2 Å². The molecule has 2 saturated heterocycles. The van der Waals surface area contributed by atoms with E-state index in [2.05, 4.69) is 39.3 Å². The summed E-state index contributed by atoms with van der Waals surface area (Å²) in [5.41, 5.74) is 2.09. The predicted molar refractivity (Wildman–Crippen MR) is 126 cm³/mol. The molecule has 0 N–H and O–H groups in total. The highest BCUT2D eigenvalue weighted by Gasteiger charge is 2.32. The molecule has 172 valence electrons. The summed E-state index contributed by atoms with van der Waals surface area (Å²) in [4.78, 5) is 24.3. The van der Waals surface area contributed by atoms with Crippen LogP contribution >= 0.6 is 0 Å². The molecule has 1 aromatic heterocycles. The van der Waals surface area contributed by atoms with Crippen LogP contribution in [0.1, 0.15) is 12.8 Å². The maximum absolute atomic E-state index is 13.3. The number of nitrogens with zero attached hydrogens (tertiary/aromatic N) is 5. The molecular formula is C25H29N5O3. The Morgan fingerprint density at radius 3 is 2.45 bits per heavy atom. The normalized spacial score (nSPS) is 18.9. The number of benzene rings is 2.